The van der Waals surface area contributed by atoms with Crippen molar-refractivity contribution in [2.75, 3.05) is 6.54 Å². The van der Waals surface area contributed by atoms with E-state index < -0.39 is 0 Å². The maximum atomic E-state index is 5.70. The Morgan fingerprint density at radius 1 is 1.36 bits per heavy atom. The highest BCUT2D eigenvalue weighted by atomic mass is 16.8. The second-order valence-electron chi connectivity index (χ2n) is 3.84. The van der Waals surface area contributed by atoms with E-state index in [1.54, 1.807) is 0 Å². The lowest BCUT2D eigenvalue weighted by Crippen LogP contribution is -2.32. The van der Waals surface area contributed by atoms with Crippen molar-refractivity contribution in [1.29, 1.82) is 0 Å². The first-order chi connectivity index (χ1) is 5.08. The fourth-order valence-corrected chi connectivity index (χ4v) is 1.86. The molecule has 2 aliphatic rings. The summed E-state index contributed by atoms with van der Waals surface area (Å²) in [4.78, 5) is 0. The molecular weight excluding hydrogens is 142 g/mol. The molecule has 2 rings (SSSR count). The van der Waals surface area contributed by atoms with Crippen molar-refractivity contribution in [3.63, 3.8) is 0 Å². The first-order valence-electron chi connectivity index (χ1n) is 4.17. The smallest absolute Gasteiger partial charge is 0.163 e. The molecule has 3 unspecified atom stereocenters. The van der Waals surface area contributed by atoms with Crippen LogP contribution in [-0.2, 0) is 9.47 Å². The lowest BCUT2D eigenvalue weighted by Gasteiger charge is -2.20. The minimum atomic E-state index is -0.369. The van der Waals surface area contributed by atoms with Gasteiger partial charge in [-0.05, 0) is 20.8 Å². The third-order valence-electron chi connectivity index (χ3n) is 2.36. The van der Waals surface area contributed by atoms with Crippen LogP contribution in [0.15, 0.2) is 0 Å². The summed E-state index contributed by atoms with van der Waals surface area (Å²) in [6, 6.07) is 0.432. The van der Waals surface area contributed by atoms with Crippen LogP contribution in [0.3, 0.4) is 0 Å². The number of hydrogen-bond acceptors (Lipinski definition) is 3. The molecular formula is C8H15NO2. The molecule has 2 aliphatic heterocycles. The van der Waals surface area contributed by atoms with Crippen LogP contribution in [0.5, 0.6) is 0 Å². The predicted molar refractivity (Wildman–Crippen MR) is 41.3 cm³/mol. The Hall–Kier alpha value is -0.120. The van der Waals surface area contributed by atoms with E-state index in [1.165, 1.54) is 0 Å². The van der Waals surface area contributed by atoms with Gasteiger partial charge in [0.2, 0.25) is 0 Å². The van der Waals surface area contributed by atoms with Crippen molar-refractivity contribution in [1.82, 2.24) is 5.32 Å². The van der Waals surface area contributed by atoms with Crippen LogP contribution < -0.4 is 5.32 Å². The van der Waals surface area contributed by atoms with Gasteiger partial charge in [-0.15, -0.1) is 0 Å². The molecule has 3 nitrogen and oxygen atoms in total. The monoisotopic (exact) mass is 157 g/mol. The molecule has 3 atom stereocenters. The van der Waals surface area contributed by atoms with Crippen molar-refractivity contribution in [2.24, 2.45) is 0 Å². The Kier molecular flexibility index (Phi) is 1.50. The van der Waals surface area contributed by atoms with Crippen LogP contribution in [0, 0.1) is 0 Å². The molecule has 64 valence electrons. The number of ether oxygens (including phenoxy) is 2. The van der Waals surface area contributed by atoms with Crippen LogP contribution >= 0.6 is 0 Å². The van der Waals surface area contributed by atoms with Crippen LogP contribution in [0.1, 0.15) is 20.8 Å². The quantitative estimate of drug-likeness (QED) is 0.555. The van der Waals surface area contributed by atoms with Crippen LogP contribution in [0.4, 0.5) is 0 Å². The molecule has 2 saturated heterocycles. The molecule has 0 aromatic heterocycles. The van der Waals surface area contributed by atoms with E-state index in [0.717, 1.165) is 6.54 Å². The molecule has 0 radical (unpaired) electrons. The number of rotatable bonds is 0. The Balaban J connectivity index is 2.10. The second kappa shape index (κ2) is 2.19. The highest BCUT2D eigenvalue weighted by Gasteiger charge is 2.47. The number of nitrogens with one attached hydrogen (secondary N) is 1. The normalized spacial score (nSPS) is 47.7. The van der Waals surface area contributed by atoms with Gasteiger partial charge in [0, 0.05) is 12.6 Å². The van der Waals surface area contributed by atoms with Crippen molar-refractivity contribution >= 4 is 0 Å². The summed E-state index contributed by atoms with van der Waals surface area (Å²) in [6.07, 6.45) is 0.519. The van der Waals surface area contributed by atoms with Gasteiger partial charge in [-0.1, -0.05) is 0 Å². The predicted octanol–water partition coefficient (Wildman–Crippen LogP) is 0.498. The average Bonchev–Trinajstić information content (AvgIpc) is 2.31. The van der Waals surface area contributed by atoms with Gasteiger partial charge >= 0.3 is 0 Å². The fourth-order valence-electron chi connectivity index (χ4n) is 1.86. The molecule has 0 aromatic rings. The standard InChI is InChI=1S/C8H15NO2/c1-5-7-6(4-9-5)10-8(2,3)11-7/h5-7,9H,4H2,1-3H3. The topological polar surface area (TPSA) is 30.5 Å². The maximum absolute atomic E-state index is 5.70. The molecule has 0 saturated carbocycles. The summed E-state index contributed by atoms with van der Waals surface area (Å²) in [5, 5.41) is 3.31. The molecule has 2 heterocycles. The summed E-state index contributed by atoms with van der Waals surface area (Å²) in [6.45, 7) is 7.00. The van der Waals surface area contributed by atoms with Gasteiger partial charge < -0.3 is 14.8 Å². The van der Waals surface area contributed by atoms with Gasteiger partial charge in [-0.3, -0.25) is 0 Å². The average molecular weight is 157 g/mol. The summed E-state index contributed by atoms with van der Waals surface area (Å²) < 4.78 is 11.4. The Labute approximate surface area is 67.1 Å². The van der Waals surface area contributed by atoms with Crippen molar-refractivity contribution in [3.05, 3.63) is 0 Å². The third kappa shape index (κ3) is 1.17. The number of hydrogen-bond donors (Lipinski definition) is 1. The lowest BCUT2D eigenvalue weighted by molar-refractivity contribution is -0.152. The largest absolute Gasteiger partial charge is 0.343 e. The van der Waals surface area contributed by atoms with E-state index in [-0.39, 0.29) is 18.0 Å². The maximum Gasteiger partial charge on any atom is 0.163 e. The summed E-state index contributed by atoms with van der Waals surface area (Å²) in [5.41, 5.74) is 0. The summed E-state index contributed by atoms with van der Waals surface area (Å²) in [5.74, 6) is -0.369. The van der Waals surface area contributed by atoms with E-state index in [9.17, 15) is 0 Å². The first kappa shape index (κ1) is 7.53. The molecule has 0 bridgehead atoms. The van der Waals surface area contributed by atoms with Crippen molar-refractivity contribution < 1.29 is 9.47 Å². The Morgan fingerprint density at radius 2 is 2.09 bits per heavy atom. The minimum absolute atomic E-state index is 0.255. The second-order valence-corrected chi connectivity index (χ2v) is 3.84. The molecule has 2 fully saturated rings. The molecule has 1 N–H and O–H groups in total. The Bertz CT molecular complexity index is 169. The van der Waals surface area contributed by atoms with Crippen LogP contribution in [-0.4, -0.2) is 30.6 Å². The molecule has 11 heavy (non-hydrogen) atoms. The Morgan fingerprint density at radius 3 is 2.73 bits per heavy atom. The van der Waals surface area contributed by atoms with Gasteiger partial charge in [0.1, 0.15) is 12.2 Å². The zero-order chi connectivity index (χ0) is 8.06. The first-order valence-corrected chi connectivity index (χ1v) is 4.17. The third-order valence-corrected chi connectivity index (χ3v) is 2.36. The van der Waals surface area contributed by atoms with E-state index in [4.69, 9.17) is 9.47 Å². The highest BCUT2D eigenvalue weighted by Crippen LogP contribution is 2.32. The van der Waals surface area contributed by atoms with E-state index >= 15 is 0 Å². The zero-order valence-corrected chi connectivity index (χ0v) is 7.26. The van der Waals surface area contributed by atoms with E-state index in [1.807, 2.05) is 13.8 Å². The van der Waals surface area contributed by atoms with Gasteiger partial charge in [-0.2, -0.15) is 0 Å². The molecule has 0 aromatic carbocycles. The SMILES string of the molecule is CC1NCC2OC(C)(C)OC12. The minimum Gasteiger partial charge on any atom is -0.343 e. The van der Waals surface area contributed by atoms with Crippen LogP contribution in [0.2, 0.25) is 0 Å². The summed E-state index contributed by atoms with van der Waals surface area (Å²) in [7, 11) is 0. The van der Waals surface area contributed by atoms with Gasteiger partial charge in [0.05, 0.1) is 0 Å². The van der Waals surface area contributed by atoms with E-state index in [2.05, 4.69) is 12.2 Å². The van der Waals surface area contributed by atoms with Gasteiger partial charge in [-0.25, -0.2) is 0 Å². The lowest BCUT2D eigenvalue weighted by atomic mass is 10.2. The van der Waals surface area contributed by atoms with Crippen LogP contribution in [0.25, 0.3) is 0 Å². The van der Waals surface area contributed by atoms with E-state index in [0.29, 0.717) is 6.04 Å². The molecule has 0 amide bonds. The fraction of sp³-hybridized carbons (Fsp3) is 1.00. The van der Waals surface area contributed by atoms with Gasteiger partial charge in [0.25, 0.3) is 0 Å². The molecule has 3 heteroatoms. The summed E-state index contributed by atoms with van der Waals surface area (Å²) >= 11 is 0. The van der Waals surface area contributed by atoms with Crippen molar-refractivity contribution in [2.45, 2.75) is 44.8 Å². The highest BCUT2D eigenvalue weighted by molar-refractivity contribution is 4.95. The zero-order valence-electron chi connectivity index (χ0n) is 7.26. The molecule has 0 spiro atoms. The molecule has 0 aliphatic carbocycles. The number of fused-ring (bicyclic) bond motifs is 1. The van der Waals surface area contributed by atoms with Crippen molar-refractivity contribution in [3.8, 4) is 0 Å². The van der Waals surface area contributed by atoms with Gasteiger partial charge in [0.15, 0.2) is 5.79 Å².